The molecule has 2 atom stereocenters. The Balaban J connectivity index is 2.00. The zero-order valence-corrected chi connectivity index (χ0v) is 13.4. The van der Waals surface area contributed by atoms with E-state index in [1.165, 1.54) is 6.07 Å². The molecule has 6 nitrogen and oxygen atoms in total. The molecule has 1 aromatic rings. The minimum atomic E-state index is -2.97. The number of alkyl halides is 2. The highest BCUT2D eigenvalue weighted by molar-refractivity contribution is 5.82. The molecule has 0 radical (unpaired) electrons. The van der Waals surface area contributed by atoms with Crippen LogP contribution in [0.1, 0.15) is 25.3 Å². The Labute approximate surface area is 139 Å². The molecule has 2 rings (SSSR count). The van der Waals surface area contributed by atoms with Crippen molar-refractivity contribution in [3.05, 3.63) is 23.8 Å². The number of amides is 1. The van der Waals surface area contributed by atoms with Gasteiger partial charge < -0.3 is 25.2 Å². The van der Waals surface area contributed by atoms with E-state index in [-0.39, 0.29) is 18.2 Å². The lowest BCUT2D eigenvalue weighted by Crippen LogP contribution is -2.40. The van der Waals surface area contributed by atoms with Crippen LogP contribution in [-0.2, 0) is 11.3 Å². The molecule has 1 saturated heterocycles. The first-order chi connectivity index (χ1) is 11.5. The van der Waals surface area contributed by atoms with Crippen molar-refractivity contribution in [1.29, 1.82) is 0 Å². The van der Waals surface area contributed by atoms with E-state index in [9.17, 15) is 18.7 Å². The molecule has 0 saturated carbocycles. The van der Waals surface area contributed by atoms with Crippen molar-refractivity contribution in [3.63, 3.8) is 0 Å². The van der Waals surface area contributed by atoms with Gasteiger partial charge in [0.15, 0.2) is 0 Å². The molecule has 134 valence electrons. The molecule has 0 spiro atoms. The molecule has 0 aliphatic carbocycles. The fraction of sp³-hybridized carbons (Fsp3) is 0.562. The van der Waals surface area contributed by atoms with Gasteiger partial charge in [-0.15, -0.1) is 0 Å². The molecule has 1 aromatic carbocycles. The number of aliphatic hydroxyl groups is 1. The summed E-state index contributed by atoms with van der Waals surface area (Å²) in [7, 11) is 0. The standard InChI is InChI=1S/C16H22F2N2O4/c1-2-5-23-12-4-3-10(14(7-12)24-16(17)18)8-20-15(22)13-6-11(21)9-19-13/h3-4,7,11,13,16,19,21H,2,5-6,8-9H2,1H3,(H,20,22). The lowest BCUT2D eigenvalue weighted by molar-refractivity contribution is -0.123. The average Bonchev–Trinajstić information content (AvgIpc) is 2.97. The van der Waals surface area contributed by atoms with Crippen LogP contribution in [0.5, 0.6) is 11.5 Å². The van der Waals surface area contributed by atoms with Gasteiger partial charge in [-0.05, 0) is 25.0 Å². The van der Waals surface area contributed by atoms with Gasteiger partial charge in [-0.3, -0.25) is 4.79 Å². The molecule has 1 amide bonds. The van der Waals surface area contributed by atoms with Crippen LogP contribution in [0.15, 0.2) is 18.2 Å². The van der Waals surface area contributed by atoms with Crippen LogP contribution in [0.25, 0.3) is 0 Å². The normalized spacial score (nSPS) is 20.2. The Morgan fingerprint density at radius 1 is 1.50 bits per heavy atom. The smallest absolute Gasteiger partial charge is 0.387 e. The van der Waals surface area contributed by atoms with Gasteiger partial charge >= 0.3 is 6.61 Å². The van der Waals surface area contributed by atoms with Crippen molar-refractivity contribution in [2.45, 2.75) is 45.1 Å². The minimum absolute atomic E-state index is 0.0293. The lowest BCUT2D eigenvalue weighted by Gasteiger charge is -2.15. The third-order valence-corrected chi connectivity index (χ3v) is 3.60. The van der Waals surface area contributed by atoms with Crippen molar-refractivity contribution >= 4 is 5.91 Å². The van der Waals surface area contributed by atoms with Crippen molar-refractivity contribution in [2.24, 2.45) is 0 Å². The number of hydrogen-bond acceptors (Lipinski definition) is 5. The fourth-order valence-electron chi connectivity index (χ4n) is 2.42. The maximum atomic E-state index is 12.6. The number of ether oxygens (including phenoxy) is 2. The number of halogens is 2. The first-order valence-corrected chi connectivity index (χ1v) is 7.89. The summed E-state index contributed by atoms with van der Waals surface area (Å²) in [4.78, 5) is 12.0. The van der Waals surface area contributed by atoms with Gasteiger partial charge in [0.25, 0.3) is 0 Å². The Kier molecular flexibility index (Phi) is 6.74. The van der Waals surface area contributed by atoms with E-state index in [2.05, 4.69) is 15.4 Å². The van der Waals surface area contributed by atoms with Gasteiger partial charge in [0.2, 0.25) is 5.91 Å². The summed E-state index contributed by atoms with van der Waals surface area (Å²) in [6.07, 6.45) is 0.576. The summed E-state index contributed by atoms with van der Waals surface area (Å²) in [5, 5.41) is 15.0. The number of hydrogen-bond donors (Lipinski definition) is 3. The fourth-order valence-corrected chi connectivity index (χ4v) is 2.42. The maximum absolute atomic E-state index is 12.6. The third kappa shape index (κ3) is 5.31. The zero-order chi connectivity index (χ0) is 17.5. The van der Waals surface area contributed by atoms with Crippen molar-refractivity contribution in [2.75, 3.05) is 13.2 Å². The number of rotatable bonds is 8. The van der Waals surface area contributed by atoms with E-state index in [1.807, 2.05) is 6.92 Å². The van der Waals surface area contributed by atoms with Gasteiger partial charge in [0.05, 0.1) is 18.8 Å². The highest BCUT2D eigenvalue weighted by atomic mass is 19.3. The summed E-state index contributed by atoms with van der Waals surface area (Å²) >= 11 is 0. The Morgan fingerprint density at radius 2 is 2.29 bits per heavy atom. The molecule has 3 N–H and O–H groups in total. The minimum Gasteiger partial charge on any atom is -0.493 e. The number of nitrogens with one attached hydrogen (secondary N) is 2. The Morgan fingerprint density at radius 3 is 2.92 bits per heavy atom. The summed E-state index contributed by atoms with van der Waals surface area (Å²) < 4.78 is 35.1. The second-order valence-electron chi connectivity index (χ2n) is 5.56. The van der Waals surface area contributed by atoms with Crippen LogP contribution in [0.4, 0.5) is 8.78 Å². The van der Waals surface area contributed by atoms with Crippen LogP contribution in [0.2, 0.25) is 0 Å². The summed E-state index contributed by atoms with van der Waals surface area (Å²) in [5.41, 5.74) is 0.422. The maximum Gasteiger partial charge on any atom is 0.387 e. The van der Waals surface area contributed by atoms with Crippen LogP contribution < -0.4 is 20.1 Å². The number of carbonyl (C=O) groups excluding carboxylic acids is 1. The predicted molar refractivity (Wildman–Crippen MR) is 83.1 cm³/mol. The first kappa shape index (κ1) is 18.4. The second kappa shape index (κ2) is 8.79. The molecule has 1 aliphatic rings. The SMILES string of the molecule is CCCOc1ccc(CNC(=O)C2CC(O)CN2)c(OC(F)F)c1. The summed E-state index contributed by atoms with van der Waals surface area (Å²) in [6, 6.07) is 4.14. The zero-order valence-electron chi connectivity index (χ0n) is 13.4. The molecule has 1 aliphatic heterocycles. The van der Waals surface area contributed by atoms with E-state index < -0.39 is 18.8 Å². The van der Waals surface area contributed by atoms with E-state index in [4.69, 9.17) is 4.74 Å². The van der Waals surface area contributed by atoms with Crippen molar-refractivity contribution in [1.82, 2.24) is 10.6 Å². The number of benzene rings is 1. The van der Waals surface area contributed by atoms with Gasteiger partial charge in [-0.2, -0.15) is 8.78 Å². The second-order valence-corrected chi connectivity index (χ2v) is 5.56. The molecule has 0 bridgehead atoms. The molecule has 8 heteroatoms. The van der Waals surface area contributed by atoms with Gasteiger partial charge in [-0.25, -0.2) is 0 Å². The molecular formula is C16H22F2N2O4. The number of carbonyl (C=O) groups is 1. The molecule has 1 heterocycles. The predicted octanol–water partition coefficient (Wildman–Crippen LogP) is 1.42. The Bertz CT molecular complexity index is 557. The first-order valence-electron chi connectivity index (χ1n) is 7.89. The van der Waals surface area contributed by atoms with E-state index >= 15 is 0 Å². The molecule has 2 unspecified atom stereocenters. The summed E-state index contributed by atoms with van der Waals surface area (Å²) in [6.45, 7) is -0.147. The van der Waals surface area contributed by atoms with Gasteiger partial charge in [0, 0.05) is 24.7 Å². The third-order valence-electron chi connectivity index (χ3n) is 3.60. The monoisotopic (exact) mass is 344 g/mol. The lowest BCUT2D eigenvalue weighted by atomic mass is 10.1. The van der Waals surface area contributed by atoms with Crippen LogP contribution in [-0.4, -0.2) is 42.9 Å². The molecule has 24 heavy (non-hydrogen) atoms. The largest absolute Gasteiger partial charge is 0.493 e. The quantitative estimate of drug-likeness (QED) is 0.665. The number of aliphatic hydroxyl groups excluding tert-OH is 1. The van der Waals surface area contributed by atoms with E-state index in [0.29, 0.717) is 30.9 Å². The van der Waals surface area contributed by atoms with E-state index in [1.54, 1.807) is 12.1 Å². The van der Waals surface area contributed by atoms with Crippen LogP contribution in [0, 0.1) is 0 Å². The van der Waals surface area contributed by atoms with Crippen LogP contribution >= 0.6 is 0 Å². The summed E-state index contributed by atoms with van der Waals surface area (Å²) in [5.74, 6) is 0.113. The number of β-amino-alcohol motifs (C(OH)–C–C–N with tert-alkyl or cyclic N) is 1. The molecular weight excluding hydrogens is 322 g/mol. The highest BCUT2D eigenvalue weighted by Crippen LogP contribution is 2.26. The van der Waals surface area contributed by atoms with Gasteiger partial charge in [0.1, 0.15) is 11.5 Å². The van der Waals surface area contributed by atoms with E-state index in [0.717, 1.165) is 6.42 Å². The van der Waals surface area contributed by atoms with Crippen molar-refractivity contribution in [3.8, 4) is 11.5 Å². The Hall–Kier alpha value is -1.93. The van der Waals surface area contributed by atoms with Crippen molar-refractivity contribution < 1.29 is 28.2 Å². The molecule has 0 aromatic heterocycles. The van der Waals surface area contributed by atoms with Gasteiger partial charge in [-0.1, -0.05) is 6.92 Å². The molecule has 1 fully saturated rings. The average molecular weight is 344 g/mol. The highest BCUT2D eigenvalue weighted by Gasteiger charge is 2.27. The topological polar surface area (TPSA) is 79.8 Å². The van der Waals surface area contributed by atoms with Crippen LogP contribution in [0.3, 0.4) is 0 Å².